The van der Waals surface area contributed by atoms with Crippen molar-refractivity contribution < 1.29 is 23.9 Å². The van der Waals surface area contributed by atoms with Gasteiger partial charge >= 0.3 is 6.09 Å². The molecule has 12 heteroatoms. The molecule has 0 unspecified atom stereocenters. The topological polar surface area (TPSA) is 146 Å². The highest BCUT2D eigenvalue weighted by molar-refractivity contribution is 6.07. The van der Waals surface area contributed by atoms with Gasteiger partial charge in [-0.3, -0.25) is 9.59 Å². The van der Waals surface area contributed by atoms with Crippen molar-refractivity contribution in [3.63, 3.8) is 0 Å². The lowest BCUT2D eigenvalue weighted by Gasteiger charge is -2.35. The molecule has 0 aliphatic carbocycles. The summed E-state index contributed by atoms with van der Waals surface area (Å²) in [6, 6.07) is 13.5. The fraction of sp³-hybridized carbons (Fsp3) is 0.465. The van der Waals surface area contributed by atoms with E-state index in [1.807, 2.05) is 32.6 Å². The number of nitrogens with zero attached hydrogens (tertiary/aromatic N) is 4. The van der Waals surface area contributed by atoms with E-state index in [9.17, 15) is 14.4 Å². The number of H-pyrrole nitrogens is 2. The van der Waals surface area contributed by atoms with Gasteiger partial charge in [-0.1, -0.05) is 45.9 Å². The molecular formula is C43H55N7O5. The second kappa shape index (κ2) is 16.5. The van der Waals surface area contributed by atoms with Crippen molar-refractivity contribution in [3.8, 4) is 28.1 Å². The minimum atomic E-state index is -0.761. The number of aromatic nitrogens is 4. The van der Waals surface area contributed by atoms with Crippen LogP contribution in [-0.4, -0.2) is 72.9 Å². The summed E-state index contributed by atoms with van der Waals surface area (Å²) in [5, 5.41) is 4.65. The monoisotopic (exact) mass is 749 g/mol. The summed E-state index contributed by atoms with van der Waals surface area (Å²) in [6.45, 7) is 16.4. The number of imidazole rings is 2. The lowest BCUT2D eigenvalue weighted by molar-refractivity contribution is -0.138. The number of hydrogen-bond donors (Lipinski definition) is 3. The third-order valence-electron chi connectivity index (χ3n) is 11.2. The number of rotatable bonds is 14. The van der Waals surface area contributed by atoms with Gasteiger partial charge in [0.05, 0.1) is 42.1 Å². The normalized spacial score (nSPS) is 14.4. The predicted molar refractivity (Wildman–Crippen MR) is 216 cm³/mol. The van der Waals surface area contributed by atoms with Gasteiger partial charge < -0.3 is 34.6 Å². The lowest BCUT2D eigenvalue weighted by Crippen LogP contribution is -2.50. The number of amides is 3. The van der Waals surface area contributed by atoms with Crippen molar-refractivity contribution in [3.05, 3.63) is 65.9 Å². The zero-order valence-electron chi connectivity index (χ0n) is 33.6. The molecule has 55 heavy (non-hydrogen) atoms. The average molecular weight is 750 g/mol. The Morgan fingerprint density at radius 3 is 2.33 bits per heavy atom. The van der Waals surface area contributed by atoms with Crippen LogP contribution in [0.3, 0.4) is 0 Å². The highest BCUT2D eigenvalue weighted by Crippen LogP contribution is 2.43. The number of alkyl carbamates (subject to hydrolysis) is 1. The van der Waals surface area contributed by atoms with Crippen LogP contribution >= 0.6 is 0 Å². The van der Waals surface area contributed by atoms with Gasteiger partial charge in [-0.15, -0.1) is 0 Å². The van der Waals surface area contributed by atoms with Crippen LogP contribution in [0.15, 0.2) is 48.7 Å². The standard InChI is InChI=1S/C43H55N7O5/c1-10-14-38(51)50(31(12-3)13-4)27(8)41-46-35-18-16-28-20-34-32-17-15-29(19-30(32)23-55-37(34)21-33(28)39(35)48-41)36-22-44-40(47-36)26(7)49(24(5)11-2)42(52)25(6)45-43(53)54-9/h15-22,24-27,31H,10-14,23H2,1-9H3,(H,44,47)(H,45,53)(H,46,48)/t24-,25-,26-,27-/m0/s1. The summed E-state index contributed by atoms with van der Waals surface area (Å²) in [5.41, 5.74) is 6.77. The van der Waals surface area contributed by atoms with Crippen molar-refractivity contribution in [1.29, 1.82) is 0 Å². The summed E-state index contributed by atoms with van der Waals surface area (Å²) < 4.78 is 11.1. The van der Waals surface area contributed by atoms with Crippen molar-refractivity contribution in [2.24, 2.45) is 0 Å². The maximum absolute atomic E-state index is 13.5. The summed E-state index contributed by atoms with van der Waals surface area (Å²) in [5.74, 6) is 2.20. The molecular weight excluding hydrogens is 695 g/mol. The fourth-order valence-corrected chi connectivity index (χ4v) is 7.90. The van der Waals surface area contributed by atoms with Crippen LogP contribution in [-0.2, 0) is 20.9 Å². The Hall–Kier alpha value is -5.39. The van der Waals surface area contributed by atoms with Crippen LogP contribution in [0.5, 0.6) is 5.75 Å². The Bertz CT molecular complexity index is 2190. The molecule has 0 radical (unpaired) electrons. The Labute approximate surface area is 323 Å². The summed E-state index contributed by atoms with van der Waals surface area (Å²) in [4.78, 5) is 59.2. The lowest BCUT2D eigenvalue weighted by atomic mass is 9.92. The van der Waals surface area contributed by atoms with E-state index < -0.39 is 12.1 Å². The van der Waals surface area contributed by atoms with E-state index >= 15 is 0 Å². The number of carbonyl (C=O) groups is 3. The molecule has 3 heterocycles. The first-order chi connectivity index (χ1) is 26.4. The molecule has 12 nitrogen and oxygen atoms in total. The van der Waals surface area contributed by atoms with Gasteiger partial charge in [0.2, 0.25) is 11.8 Å². The van der Waals surface area contributed by atoms with Crippen LogP contribution in [0.2, 0.25) is 0 Å². The Morgan fingerprint density at radius 2 is 1.64 bits per heavy atom. The molecule has 1 aliphatic rings. The second-order valence-corrected chi connectivity index (χ2v) is 14.7. The Morgan fingerprint density at radius 1 is 0.891 bits per heavy atom. The van der Waals surface area contributed by atoms with E-state index in [2.05, 4.69) is 78.5 Å². The Balaban J connectivity index is 1.27. The molecule has 2 aromatic heterocycles. The zero-order chi connectivity index (χ0) is 39.6. The Kier molecular flexibility index (Phi) is 11.8. The molecule has 1 aliphatic heterocycles. The third-order valence-corrected chi connectivity index (χ3v) is 11.2. The van der Waals surface area contributed by atoms with Crippen LogP contribution in [0.4, 0.5) is 4.79 Å². The number of fused-ring (bicyclic) bond motifs is 6. The predicted octanol–water partition coefficient (Wildman–Crippen LogP) is 8.98. The van der Waals surface area contributed by atoms with Crippen LogP contribution < -0.4 is 10.1 Å². The van der Waals surface area contributed by atoms with E-state index in [-0.39, 0.29) is 36.0 Å². The van der Waals surface area contributed by atoms with Gasteiger partial charge in [-0.2, -0.15) is 0 Å². The van der Waals surface area contributed by atoms with Crippen LogP contribution in [0.1, 0.15) is 117 Å². The maximum atomic E-state index is 13.5. The van der Waals surface area contributed by atoms with Gasteiger partial charge in [0.15, 0.2) is 0 Å². The number of hydrogen-bond acceptors (Lipinski definition) is 7. The highest BCUT2D eigenvalue weighted by Gasteiger charge is 2.32. The number of carbonyl (C=O) groups excluding carboxylic acids is 3. The molecule has 3 aromatic carbocycles. The highest BCUT2D eigenvalue weighted by atomic mass is 16.5. The largest absolute Gasteiger partial charge is 0.488 e. The number of aromatic amines is 2. The first kappa shape index (κ1) is 39.3. The first-order valence-corrected chi connectivity index (χ1v) is 19.7. The summed E-state index contributed by atoms with van der Waals surface area (Å²) in [7, 11) is 1.27. The molecule has 4 atom stereocenters. The molecule has 3 amide bonds. The molecule has 292 valence electrons. The maximum Gasteiger partial charge on any atom is 0.407 e. The third kappa shape index (κ3) is 7.63. The number of benzene rings is 3. The molecule has 0 spiro atoms. The van der Waals surface area contributed by atoms with E-state index in [1.54, 1.807) is 18.0 Å². The van der Waals surface area contributed by atoms with Gasteiger partial charge in [0.25, 0.3) is 0 Å². The molecule has 6 rings (SSSR count). The number of nitrogens with one attached hydrogen (secondary N) is 3. The van der Waals surface area contributed by atoms with Gasteiger partial charge in [0, 0.05) is 29.5 Å². The van der Waals surface area contributed by atoms with Crippen molar-refractivity contribution in [2.45, 2.75) is 124 Å². The van der Waals surface area contributed by atoms with E-state index in [0.29, 0.717) is 18.9 Å². The van der Waals surface area contributed by atoms with Gasteiger partial charge in [0.1, 0.15) is 30.0 Å². The van der Waals surface area contributed by atoms with E-state index in [0.717, 1.165) is 87.0 Å². The fourth-order valence-electron chi connectivity index (χ4n) is 7.90. The van der Waals surface area contributed by atoms with Crippen molar-refractivity contribution in [1.82, 2.24) is 35.1 Å². The van der Waals surface area contributed by atoms with Crippen LogP contribution in [0.25, 0.3) is 44.2 Å². The molecule has 3 N–H and O–H groups in total. The summed E-state index contributed by atoms with van der Waals surface area (Å²) in [6.07, 6.45) is 5.00. The zero-order valence-corrected chi connectivity index (χ0v) is 33.6. The van der Waals surface area contributed by atoms with Crippen LogP contribution in [0, 0.1) is 0 Å². The minimum Gasteiger partial charge on any atom is -0.488 e. The molecule has 0 bridgehead atoms. The van der Waals surface area contributed by atoms with E-state index in [4.69, 9.17) is 19.4 Å². The number of ether oxygens (including phenoxy) is 2. The molecule has 0 saturated carbocycles. The molecule has 5 aromatic rings. The molecule has 0 fully saturated rings. The van der Waals surface area contributed by atoms with E-state index in [1.165, 1.54) is 7.11 Å². The van der Waals surface area contributed by atoms with Gasteiger partial charge in [-0.05, 0) is 99.7 Å². The quantitative estimate of drug-likeness (QED) is 0.103. The minimum absolute atomic E-state index is 0.0874. The second-order valence-electron chi connectivity index (χ2n) is 14.7. The molecule has 0 saturated heterocycles. The first-order valence-electron chi connectivity index (χ1n) is 19.7. The number of methoxy groups -OCH3 is 1. The van der Waals surface area contributed by atoms with Crippen molar-refractivity contribution >= 4 is 39.7 Å². The summed E-state index contributed by atoms with van der Waals surface area (Å²) >= 11 is 0. The smallest absolute Gasteiger partial charge is 0.407 e. The SMILES string of the molecule is CCCC(=O)N(C(CC)CC)[C@@H](C)c1nc2c(ccc3cc4c(cc32)OCc2cc(-c3cnc([C@H](C)N(C(=O)[C@H](C)NC(=O)OC)[C@@H](C)CC)[nH]3)ccc2-4)[nH]1. The van der Waals surface area contributed by atoms with Crippen molar-refractivity contribution in [2.75, 3.05) is 7.11 Å². The average Bonchev–Trinajstić information content (AvgIpc) is 3.87. The van der Waals surface area contributed by atoms with Gasteiger partial charge in [-0.25, -0.2) is 14.8 Å².